The summed E-state index contributed by atoms with van der Waals surface area (Å²) in [5, 5.41) is 2.97. The van der Waals surface area contributed by atoms with Crippen LogP contribution in [0.25, 0.3) is 16.6 Å². The number of ether oxygens (including phenoxy) is 1. The van der Waals surface area contributed by atoms with Crippen LogP contribution in [0.15, 0.2) is 35.1 Å². The minimum Gasteiger partial charge on any atom is -0.462 e. The van der Waals surface area contributed by atoms with Gasteiger partial charge in [-0.05, 0) is 50.1 Å². The fraction of sp³-hybridized carbons (Fsp3) is 0.273. The number of nitrogens with zero attached hydrogens (tertiary/aromatic N) is 2. The molecule has 0 saturated heterocycles. The number of fused-ring (bicyclic) bond motifs is 1. The van der Waals surface area contributed by atoms with Crippen LogP contribution in [-0.2, 0) is 10.5 Å². The maximum atomic E-state index is 13.7. The molecule has 1 aromatic heterocycles. The van der Waals surface area contributed by atoms with E-state index >= 15 is 0 Å². The van der Waals surface area contributed by atoms with Crippen molar-refractivity contribution in [1.82, 2.24) is 14.9 Å². The second-order valence-corrected chi connectivity index (χ2v) is 8.11. The lowest BCUT2D eigenvalue weighted by Crippen LogP contribution is -2.26. The smallest absolute Gasteiger partial charge is 0.338 e. The van der Waals surface area contributed by atoms with Gasteiger partial charge in [-0.25, -0.2) is 9.78 Å². The van der Waals surface area contributed by atoms with Crippen LogP contribution >= 0.6 is 35.8 Å². The highest BCUT2D eigenvalue weighted by Crippen LogP contribution is 2.27. The van der Waals surface area contributed by atoms with E-state index in [1.807, 2.05) is 0 Å². The molecular weight excluding hydrogens is 473 g/mol. The standard InChI is InChI=1S/C22H22ClN3O4S.ClH/c1-5-30-21(28)18-12(2)10-15-19(13(18)3)20(27)26(16-9-7-6-8-14(16)23)17(25-15)11-31-22(29)24-4;/h6-10H,5,11H2,1-4H3,(H,24,29);1H. The molecule has 1 N–H and O–H groups in total. The van der Waals surface area contributed by atoms with E-state index in [9.17, 15) is 14.4 Å². The molecule has 0 radical (unpaired) electrons. The number of carbonyl (C=O) groups is 2. The van der Waals surface area contributed by atoms with Crippen molar-refractivity contribution >= 4 is 57.9 Å². The third-order valence-corrected chi connectivity index (χ3v) is 5.98. The summed E-state index contributed by atoms with van der Waals surface area (Å²) in [6.45, 7) is 5.44. The lowest BCUT2D eigenvalue weighted by Gasteiger charge is -2.17. The van der Waals surface area contributed by atoms with Crippen LogP contribution in [0.4, 0.5) is 4.79 Å². The molecular formula is C22H23Cl2N3O4S. The van der Waals surface area contributed by atoms with Crippen LogP contribution in [0.1, 0.15) is 34.2 Å². The van der Waals surface area contributed by atoms with Gasteiger partial charge in [-0.1, -0.05) is 35.5 Å². The van der Waals surface area contributed by atoms with Crippen molar-refractivity contribution in [2.24, 2.45) is 0 Å². The fourth-order valence-electron chi connectivity index (χ4n) is 3.44. The van der Waals surface area contributed by atoms with Gasteiger partial charge in [0.05, 0.1) is 39.5 Å². The Bertz CT molecular complexity index is 1240. The predicted molar refractivity (Wildman–Crippen MR) is 131 cm³/mol. The molecule has 7 nitrogen and oxygen atoms in total. The zero-order valence-corrected chi connectivity index (χ0v) is 20.4. The molecule has 0 aliphatic rings. The lowest BCUT2D eigenvalue weighted by molar-refractivity contribution is 0.0525. The minimum absolute atomic E-state index is 0. The molecule has 3 rings (SSSR count). The molecule has 2 aromatic carbocycles. The number of hydrogen-bond acceptors (Lipinski definition) is 6. The highest BCUT2D eigenvalue weighted by molar-refractivity contribution is 8.12. The predicted octanol–water partition coefficient (Wildman–Crippen LogP) is 4.83. The van der Waals surface area contributed by atoms with Crippen molar-refractivity contribution in [2.75, 3.05) is 13.7 Å². The van der Waals surface area contributed by atoms with Crippen molar-refractivity contribution in [3.63, 3.8) is 0 Å². The number of aromatic nitrogens is 2. The van der Waals surface area contributed by atoms with E-state index in [-0.39, 0.29) is 35.6 Å². The molecule has 0 bridgehead atoms. The van der Waals surface area contributed by atoms with Crippen LogP contribution in [0, 0.1) is 13.8 Å². The summed E-state index contributed by atoms with van der Waals surface area (Å²) >= 11 is 7.38. The maximum absolute atomic E-state index is 13.7. The second-order valence-electron chi connectivity index (χ2n) is 6.75. The monoisotopic (exact) mass is 495 g/mol. The Hall–Kier alpha value is -2.55. The van der Waals surface area contributed by atoms with Crippen molar-refractivity contribution in [3.05, 3.63) is 68.2 Å². The number of para-hydroxylation sites is 1. The van der Waals surface area contributed by atoms with E-state index in [4.69, 9.17) is 16.3 Å². The molecule has 0 aliphatic heterocycles. The van der Waals surface area contributed by atoms with Crippen LogP contribution in [-0.4, -0.2) is 34.4 Å². The Kier molecular flexibility index (Phi) is 8.72. The normalized spacial score (nSPS) is 10.5. The van der Waals surface area contributed by atoms with Gasteiger partial charge in [-0.3, -0.25) is 14.2 Å². The summed E-state index contributed by atoms with van der Waals surface area (Å²) in [5.41, 5.74) is 2.05. The molecule has 1 heterocycles. The number of aryl methyl sites for hydroxylation is 2. The maximum Gasteiger partial charge on any atom is 0.338 e. The fourth-order valence-corrected chi connectivity index (χ4v) is 4.25. The van der Waals surface area contributed by atoms with Crippen molar-refractivity contribution in [3.8, 4) is 5.69 Å². The first-order chi connectivity index (χ1) is 14.8. The molecule has 32 heavy (non-hydrogen) atoms. The Labute approximate surface area is 200 Å². The number of esters is 1. The first-order valence-electron chi connectivity index (χ1n) is 9.62. The van der Waals surface area contributed by atoms with E-state index in [1.165, 1.54) is 11.6 Å². The number of hydrogen-bond donors (Lipinski definition) is 1. The molecule has 170 valence electrons. The van der Waals surface area contributed by atoms with Crippen molar-refractivity contribution < 1.29 is 14.3 Å². The van der Waals surface area contributed by atoms with Gasteiger partial charge in [-0.15, -0.1) is 12.4 Å². The molecule has 0 fully saturated rings. The summed E-state index contributed by atoms with van der Waals surface area (Å²) in [5.74, 6) is 0.0533. The van der Waals surface area contributed by atoms with Gasteiger partial charge in [0.25, 0.3) is 10.8 Å². The van der Waals surface area contributed by atoms with Gasteiger partial charge < -0.3 is 10.1 Å². The SMILES string of the molecule is CCOC(=O)c1c(C)cc2nc(CSC(=O)NC)n(-c3ccccc3Cl)c(=O)c2c1C.Cl. The average molecular weight is 496 g/mol. The summed E-state index contributed by atoms with van der Waals surface area (Å²) in [7, 11) is 1.54. The average Bonchev–Trinajstić information content (AvgIpc) is 2.72. The molecule has 10 heteroatoms. The van der Waals surface area contributed by atoms with Crippen LogP contribution < -0.4 is 10.9 Å². The largest absolute Gasteiger partial charge is 0.462 e. The third kappa shape index (κ3) is 4.92. The zero-order valence-electron chi connectivity index (χ0n) is 18.0. The number of rotatable bonds is 5. The quantitative estimate of drug-likeness (QED) is 0.509. The number of halogens is 2. The molecule has 0 spiro atoms. The molecule has 0 unspecified atom stereocenters. The van der Waals surface area contributed by atoms with Crippen LogP contribution in [0.2, 0.25) is 5.02 Å². The summed E-state index contributed by atoms with van der Waals surface area (Å²) in [6.07, 6.45) is 0. The van der Waals surface area contributed by atoms with E-state index in [1.54, 1.807) is 51.1 Å². The summed E-state index contributed by atoms with van der Waals surface area (Å²) in [6, 6.07) is 8.61. The topological polar surface area (TPSA) is 90.3 Å². The number of nitrogens with one attached hydrogen (secondary N) is 1. The lowest BCUT2D eigenvalue weighted by atomic mass is 9.98. The van der Waals surface area contributed by atoms with Gasteiger partial charge >= 0.3 is 5.97 Å². The highest BCUT2D eigenvalue weighted by atomic mass is 35.5. The zero-order chi connectivity index (χ0) is 22.7. The number of thioether (sulfide) groups is 1. The molecule has 3 aromatic rings. The molecule has 0 aliphatic carbocycles. The first kappa shape index (κ1) is 25.7. The molecule has 0 saturated carbocycles. The first-order valence-corrected chi connectivity index (χ1v) is 11.0. The van der Waals surface area contributed by atoms with Crippen LogP contribution in [0.5, 0.6) is 0 Å². The van der Waals surface area contributed by atoms with Gasteiger partial charge in [0.15, 0.2) is 0 Å². The minimum atomic E-state index is -0.484. The van der Waals surface area contributed by atoms with Crippen molar-refractivity contribution in [2.45, 2.75) is 26.5 Å². The van der Waals surface area contributed by atoms with Gasteiger partial charge in [0, 0.05) is 7.05 Å². The van der Waals surface area contributed by atoms with E-state index in [2.05, 4.69) is 10.3 Å². The van der Waals surface area contributed by atoms with Gasteiger partial charge in [0.1, 0.15) is 5.82 Å². The Balaban J connectivity index is 0.00000363. The number of carbonyl (C=O) groups excluding carboxylic acids is 2. The van der Waals surface area contributed by atoms with Crippen molar-refractivity contribution in [1.29, 1.82) is 0 Å². The highest BCUT2D eigenvalue weighted by Gasteiger charge is 2.22. The second kappa shape index (κ2) is 10.8. The molecule has 0 atom stereocenters. The Morgan fingerprint density at radius 3 is 2.56 bits per heavy atom. The van der Waals surface area contributed by atoms with Crippen LogP contribution in [0.3, 0.4) is 0 Å². The summed E-state index contributed by atoms with van der Waals surface area (Å²) < 4.78 is 6.58. The Morgan fingerprint density at radius 2 is 1.94 bits per heavy atom. The Morgan fingerprint density at radius 1 is 1.25 bits per heavy atom. The van der Waals surface area contributed by atoms with E-state index < -0.39 is 5.97 Å². The molecule has 1 amide bonds. The van der Waals surface area contributed by atoms with Gasteiger partial charge in [-0.2, -0.15) is 0 Å². The van der Waals surface area contributed by atoms with E-state index in [0.29, 0.717) is 44.1 Å². The summed E-state index contributed by atoms with van der Waals surface area (Å²) in [4.78, 5) is 42.7. The number of amides is 1. The third-order valence-electron chi connectivity index (χ3n) is 4.79. The number of benzene rings is 2. The van der Waals surface area contributed by atoms with E-state index in [0.717, 1.165) is 11.8 Å². The van der Waals surface area contributed by atoms with Gasteiger partial charge in [0.2, 0.25) is 0 Å².